The topological polar surface area (TPSA) is 54.7 Å². The van der Waals surface area contributed by atoms with E-state index >= 15 is 0 Å². The van der Waals surface area contributed by atoms with Gasteiger partial charge in [0.25, 0.3) is 5.91 Å². The molecule has 1 N–H and O–H groups in total. The van der Waals surface area contributed by atoms with Gasteiger partial charge in [0.15, 0.2) is 0 Å². The van der Waals surface area contributed by atoms with Gasteiger partial charge in [-0.3, -0.25) is 4.79 Å². The predicted molar refractivity (Wildman–Crippen MR) is 87.5 cm³/mol. The van der Waals surface area contributed by atoms with Crippen LogP contribution in [0.4, 0.5) is 0 Å². The lowest BCUT2D eigenvalue weighted by molar-refractivity contribution is -0.0664. The van der Waals surface area contributed by atoms with Crippen molar-refractivity contribution in [2.45, 2.75) is 31.5 Å². The van der Waals surface area contributed by atoms with Crippen molar-refractivity contribution in [2.24, 2.45) is 5.92 Å². The van der Waals surface area contributed by atoms with Gasteiger partial charge in [0.2, 0.25) is 0 Å². The van der Waals surface area contributed by atoms with Gasteiger partial charge in [0.05, 0.1) is 18.2 Å². The summed E-state index contributed by atoms with van der Waals surface area (Å²) >= 11 is 0. The number of nitrogens with zero attached hydrogens (tertiary/aromatic N) is 1. The second-order valence-electron chi connectivity index (χ2n) is 6.85. The molecule has 1 saturated heterocycles. The molecular formula is C18H22N2O3. The minimum Gasteiger partial charge on any atom is -0.461 e. The lowest BCUT2D eigenvalue weighted by Crippen LogP contribution is -2.69. The Morgan fingerprint density at radius 1 is 1.30 bits per heavy atom. The molecule has 5 heteroatoms. The molecule has 2 aliphatic rings. The van der Waals surface area contributed by atoms with Crippen molar-refractivity contribution in [3.63, 3.8) is 0 Å². The van der Waals surface area contributed by atoms with Gasteiger partial charge in [-0.25, -0.2) is 0 Å². The van der Waals surface area contributed by atoms with Crippen LogP contribution >= 0.6 is 0 Å². The Morgan fingerprint density at radius 2 is 2.13 bits per heavy atom. The van der Waals surface area contributed by atoms with Crippen molar-refractivity contribution in [2.75, 3.05) is 20.7 Å². The van der Waals surface area contributed by atoms with E-state index in [4.69, 9.17) is 9.15 Å². The largest absolute Gasteiger partial charge is 0.461 e. The first-order chi connectivity index (χ1) is 11.0. The smallest absolute Gasteiger partial charge is 0.251 e. The molecule has 1 aromatic carbocycles. The zero-order valence-electron chi connectivity index (χ0n) is 13.7. The number of hydrogen-bond acceptors (Lipinski definition) is 4. The highest BCUT2D eigenvalue weighted by molar-refractivity contribution is 5.98. The van der Waals surface area contributed by atoms with Crippen molar-refractivity contribution < 1.29 is 13.9 Å². The van der Waals surface area contributed by atoms with Gasteiger partial charge in [-0.05, 0) is 51.7 Å². The molecule has 1 aromatic heterocycles. The molecule has 1 aliphatic heterocycles. The molecule has 2 fully saturated rings. The summed E-state index contributed by atoms with van der Waals surface area (Å²) in [6.45, 7) is 2.71. The van der Waals surface area contributed by atoms with E-state index in [9.17, 15) is 4.79 Å². The van der Waals surface area contributed by atoms with Crippen LogP contribution in [0.1, 0.15) is 22.5 Å². The van der Waals surface area contributed by atoms with E-state index in [1.807, 2.05) is 45.3 Å². The van der Waals surface area contributed by atoms with Gasteiger partial charge in [-0.2, -0.15) is 0 Å². The average Bonchev–Trinajstić information content (AvgIpc) is 3.06. The second-order valence-corrected chi connectivity index (χ2v) is 6.85. The molecule has 4 atom stereocenters. The van der Waals surface area contributed by atoms with E-state index in [0.717, 1.165) is 29.8 Å². The number of hydrogen-bond donors (Lipinski definition) is 1. The van der Waals surface area contributed by atoms with Crippen molar-refractivity contribution in [1.82, 2.24) is 10.2 Å². The molecule has 122 valence electrons. The van der Waals surface area contributed by atoms with Crippen LogP contribution in [0.15, 0.2) is 28.7 Å². The Balaban J connectivity index is 1.54. The van der Waals surface area contributed by atoms with Gasteiger partial charge >= 0.3 is 0 Å². The Labute approximate surface area is 135 Å². The SMILES string of the molecule is Cc1cc2cc(C(=O)N[C@H]3[C@H]4CCO[C@H]4[C@@H]3N(C)C)ccc2o1. The number of benzene rings is 1. The first-order valence-electron chi connectivity index (χ1n) is 8.14. The van der Waals surface area contributed by atoms with E-state index in [1.165, 1.54) is 0 Å². The van der Waals surface area contributed by atoms with Gasteiger partial charge in [-0.15, -0.1) is 0 Å². The van der Waals surface area contributed by atoms with Crippen LogP contribution in [0.2, 0.25) is 0 Å². The molecular weight excluding hydrogens is 292 g/mol. The van der Waals surface area contributed by atoms with E-state index in [-0.39, 0.29) is 24.1 Å². The maximum Gasteiger partial charge on any atom is 0.251 e. The summed E-state index contributed by atoms with van der Waals surface area (Å²) in [6, 6.07) is 7.96. The Morgan fingerprint density at radius 3 is 2.91 bits per heavy atom. The normalized spacial score (nSPS) is 29.6. The second kappa shape index (κ2) is 5.35. The van der Waals surface area contributed by atoms with E-state index < -0.39 is 0 Å². The molecule has 0 unspecified atom stereocenters. The number of rotatable bonds is 3. The third-order valence-electron chi connectivity index (χ3n) is 5.15. The fraction of sp³-hybridized carbons (Fsp3) is 0.500. The number of nitrogens with one attached hydrogen (secondary N) is 1. The van der Waals surface area contributed by atoms with Crippen LogP contribution in [0.5, 0.6) is 0 Å². The van der Waals surface area contributed by atoms with Gasteiger partial charge in [0, 0.05) is 23.5 Å². The fourth-order valence-corrected chi connectivity index (χ4v) is 4.04. The van der Waals surface area contributed by atoms with Crippen LogP contribution < -0.4 is 5.32 Å². The number of amides is 1. The summed E-state index contributed by atoms with van der Waals surface area (Å²) < 4.78 is 11.4. The highest BCUT2D eigenvalue weighted by Gasteiger charge is 2.55. The third kappa shape index (κ3) is 2.35. The summed E-state index contributed by atoms with van der Waals surface area (Å²) in [6.07, 6.45) is 1.29. The zero-order valence-corrected chi connectivity index (χ0v) is 13.7. The third-order valence-corrected chi connectivity index (χ3v) is 5.15. The minimum atomic E-state index is -0.0204. The maximum atomic E-state index is 12.7. The lowest BCUT2D eigenvalue weighted by Gasteiger charge is -2.50. The highest BCUT2D eigenvalue weighted by Crippen LogP contribution is 2.41. The van der Waals surface area contributed by atoms with Crippen LogP contribution in [0.3, 0.4) is 0 Å². The first kappa shape index (κ1) is 14.7. The minimum absolute atomic E-state index is 0.0204. The van der Waals surface area contributed by atoms with E-state index in [1.54, 1.807) is 0 Å². The number of likely N-dealkylation sites (N-methyl/N-ethyl adjacent to an activating group) is 1. The molecule has 2 heterocycles. The lowest BCUT2D eigenvalue weighted by atomic mass is 9.71. The zero-order chi connectivity index (χ0) is 16.1. The van der Waals surface area contributed by atoms with Crippen LogP contribution in [-0.2, 0) is 4.74 Å². The fourth-order valence-electron chi connectivity index (χ4n) is 4.04. The summed E-state index contributed by atoms with van der Waals surface area (Å²) in [7, 11) is 4.09. The Hall–Kier alpha value is -1.85. The maximum absolute atomic E-state index is 12.7. The monoisotopic (exact) mass is 314 g/mol. The molecule has 5 nitrogen and oxygen atoms in total. The van der Waals surface area contributed by atoms with Crippen molar-refractivity contribution in [1.29, 1.82) is 0 Å². The number of aryl methyl sites for hydroxylation is 1. The molecule has 0 spiro atoms. The Bertz CT molecular complexity index is 752. The quantitative estimate of drug-likeness (QED) is 0.943. The standard InChI is InChI=1S/C18H22N2O3/c1-10-8-12-9-11(4-5-14(12)23-10)18(21)19-15-13-6-7-22-17(13)16(15)20(2)3/h4-5,8-9,13,15-17H,6-7H2,1-3H3,(H,19,21)/t13-,15+,16-,17-/m1/s1. The van der Waals surface area contributed by atoms with E-state index in [2.05, 4.69) is 10.2 Å². The summed E-state index contributed by atoms with van der Waals surface area (Å²) in [5.41, 5.74) is 1.50. The predicted octanol–water partition coefficient (Wildman–Crippen LogP) is 2.19. The van der Waals surface area contributed by atoms with E-state index in [0.29, 0.717) is 11.5 Å². The number of carbonyl (C=O) groups is 1. The number of carbonyl (C=O) groups excluding carboxylic acids is 1. The van der Waals surface area contributed by atoms with Crippen LogP contribution in [0, 0.1) is 12.8 Å². The number of ether oxygens (including phenoxy) is 1. The molecule has 1 amide bonds. The number of furan rings is 1. The van der Waals surface area contributed by atoms with Gasteiger partial charge < -0.3 is 19.4 Å². The number of fused-ring (bicyclic) bond motifs is 2. The summed E-state index contributed by atoms with van der Waals surface area (Å²) in [5, 5.41) is 4.18. The molecule has 1 saturated carbocycles. The van der Waals surface area contributed by atoms with Gasteiger partial charge in [0.1, 0.15) is 11.3 Å². The summed E-state index contributed by atoms with van der Waals surface area (Å²) in [5.74, 6) is 1.27. The summed E-state index contributed by atoms with van der Waals surface area (Å²) in [4.78, 5) is 14.8. The average molecular weight is 314 g/mol. The molecule has 1 aliphatic carbocycles. The van der Waals surface area contributed by atoms with Crippen molar-refractivity contribution in [3.8, 4) is 0 Å². The Kier molecular flexibility index (Phi) is 3.43. The molecule has 2 aromatic rings. The van der Waals surface area contributed by atoms with Crippen LogP contribution in [-0.4, -0.2) is 49.7 Å². The molecule has 0 radical (unpaired) electrons. The van der Waals surface area contributed by atoms with Crippen LogP contribution in [0.25, 0.3) is 11.0 Å². The molecule has 0 bridgehead atoms. The first-order valence-corrected chi connectivity index (χ1v) is 8.14. The highest BCUT2D eigenvalue weighted by atomic mass is 16.5. The molecule has 23 heavy (non-hydrogen) atoms. The molecule has 4 rings (SSSR count). The van der Waals surface area contributed by atoms with Gasteiger partial charge in [-0.1, -0.05) is 0 Å². The van der Waals surface area contributed by atoms with Crippen molar-refractivity contribution in [3.05, 3.63) is 35.6 Å². The van der Waals surface area contributed by atoms with Crippen molar-refractivity contribution >= 4 is 16.9 Å².